The lowest BCUT2D eigenvalue weighted by atomic mass is 9.73. The van der Waals surface area contributed by atoms with E-state index < -0.39 is 11.9 Å². The third-order valence-electron chi connectivity index (χ3n) is 4.60. The average Bonchev–Trinajstić information content (AvgIpc) is 3.06. The van der Waals surface area contributed by atoms with Gasteiger partial charge in [-0.3, -0.25) is 0 Å². The van der Waals surface area contributed by atoms with Crippen LogP contribution in [0.25, 0.3) is 0 Å². The van der Waals surface area contributed by atoms with Crippen LogP contribution >= 0.6 is 0 Å². The molecular weight excluding hydrogens is 248 g/mol. The van der Waals surface area contributed by atoms with E-state index in [0.29, 0.717) is 23.3 Å². The maximum absolute atomic E-state index is 11.8. The second-order valence-corrected chi connectivity index (χ2v) is 5.34. The van der Waals surface area contributed by atoms with Crippen molar-refractivity contribution in [1.29, 1.82) is 0 Å². The minimum absolute atomic E-state index is 0.0298. The molecule has 0 aromatic rings. The summed E-state index contributed by atoms with van der Waals surface area (Å²) < 4.78 is 9.54. The fraction of sp³-hybridized carbons (Fsp3) is 0.692. The smallest absolute Gasteiger partial charge is 0.354 e. The average molecular weight is 264 g/mol. The van der Waals surface area contributed by atoms with Gasteiger partial charge < -0.3 is 9.47 Å². The minimum atomic E-state index is -0.435. The molecule has 2 fully saturated rings. The molecule has 3 aliphatic rings. The van der Waals surface area contributed by atoms with Gasteiger partial charge in [-0.1, -0.05) is 0 Å². The molecule has 0 aromatic carbocycles. The van der Waals surface area contributed by atoms with Crippen LogP contribution in [0, 0.1) is 23.7 Å². The molecule has 3 rings (SSSR count). The lowest BCUT2D eigenvalue weighted by Gasteiger charge is -2.32. The Labute approximate surface area is 110 Å². The Morgan fingerprint density at radius 2 is 1.37 bits per heavy atom. The topological polar surface area (TPSA) is 77.3 Å². The molecule has 0 N–H and O–H groups in total. The summed E-state index contributed by atoms with van der Waals surface area (Å²) in [6.07, 6.45) is 3.19. The van der Waals surface area contributed by atoms with Crippen molar-refractivity contribution in [3.05, 3.63) is 0 Å². The largest absolute Gasteiger partial charge is 0.464 e. The first kappa shape index (κ1) is 12.3. The van der Waals surface area contributed by atoms with Crippen LogP contribution in [0.2, 0.25) is 0 Å². The normalized spacial score (nSPS) is 35.3. The highest BCUT2D eigenvalue weighted by atomic mass is 16.5. The molecule has 0 spiro atoms. The Bertz CT molecular complexity index is 453. The van der Waals surface area contributed by atoms with E-state index in [1.807, 2.05) is 0 Å². The molecule has 102 valence electrons. The maximum Gasteiger partial charge on any atom is 0.354 e. The minimum Gasteiger partial charge on any atom is -0.464 e. The molecule has 6 heteroatoms. The van der Waals surface area contributed by atoms with Crippen molar-refractivity contribution >= 4 is 23.4 Å². The number of hydrogen-bond acceptors (Lipinski definition) is 6. The molecule has 4 atom stereocenters. The van der Waals surface area contributed by atoms with Crippen molar-refractivity contribution in [1.82, 2.24) is 0 Å². The van der Waals surface area contributed by atoms with Gasteiger partial charge in [0.05, 0.1) is 14.2 Å². The van der Waals surface area contributed by atoms with Gasteiger partial charge in [0.15, 0.2) is 11.4 Å². The number of carbonyl (C=O) groups is 2. The quantitative estimate of drug-likeness (QED) is 0.691. The maximum atomic E-state index is 11.8. The van der Waals surface area contributed by atoms with Crippen molar-refractivity contribution in [3.8, 4) is 0 Å². The van der Waals surface area contributed by atoms with E-state index in [1.54, 1.807) is 0 Å². The second-order valence-electron chi connectivity index (χ2n) is 5.34. The zero-order valence-corrected chi connectivity index (χ0v) is 11.0. The Hall–Kier alpha value is -1.72. The van der Waals surface area contributed by atoms with E-state index >= 15 is 0 Å². The van der Waals surface area contributed by atoms with Crippen LogP contribution in [0.1, 0.15) is 19.3 Å². The van der Waals surface area contributed by atoms with Gasteiger partial charge in [0.25, 0.3) is 0 Å². The van der Waals surface area contributed by atoms with Crippen molar-refractivity contribution < 1.29 is 19.1 Å². The standard InChI is InChI=1S/C13H16N2O4/c1-18-12(16)10-8-6-3-4-7(5-6)9(8)11(15-14-10)13(17)19-2/h6-9H,3-5H2,1-2H3/t6-,7+,8+,9-. The van der Waals surface area contributed by atoms with Crippen molar-refractivity contribution in [2.75, 3.05) is 14.2 Å². The molecular formula is C13H16N2O4. The number of fused-ring (bicyclic) bond motifs is 5. The van der Waals surface area contributed by atoms with Gasteiger partial charge in [-0.2, -0.15) is 0 Å². The van der Waals surface area contributed by atoms with E-state index in [1.165, 1.54) is 14.2 Å². The summed E-state index contributed by atoms with van der Waals surface area (Å²) in [5.74, 6) is -0.118. The van der Waals surface area contributed by atoms with Gasteiger partial charge in [-0.25, -0.2) is 9.59 Å². The summed E-state index contributed by atoms with van der Waals surface area (Å²) in [6.45, 7) is 0. The monoisotopic (exact) mass is 264 g/mol. The summed E-state index contributed by atoms with van der Waals surface area (Å²) in [4.78, 5) is 23.6. The molecule has 0 amide bonds. The van der Waals surface area contributed by atoms with Crippen LogP contribution < -0.4 is 0 Å². The Morgan fingerprint density at radius 3 is 1.74 bits per heavy atom. The van der Waals surface area contributed by atoms with Crippen molar-refractivity contribution in [2.45, 2.75) is 19.3 Å². The Kier molecular flexibility index (Phi) is 2.88. The lowest BCUT2D eigenvalue weighted by Crippen LogP contribution is -2.43. The number of rotatable bonds is 2. The van der Waals surface area contributed by atoms with E-state index in [4.69, 9.17) is 9.47 Å². The number of esters is 2. The molecule has 2 saturated carbocycles. The van der Waals surface area contributed by atoms with Crippen LogP contribution in [-0.4, -0.2) is 37.6 Å². The third kappa shape index (κ3) is 1.69. The molecule has 2 aliphatic carbocycles. The summed E-state index contributed by atoms with van der Waals surface area (Å²) in [5, 5.41) is 7.88. The Balaban J connectivity index is 2.01. The Morgan fingerprint density at radius 1 is 0.947 bits per heavy atom. The molecule has 6 nitrogen and oxygen atoms in total. The first-order chi connectivity index (χ1) is 9.17. The highest BCUT2D eigenvalue weighted by Crippen LogP contribution is 2.54. The predicted octanol–water partition coefficient (Wildman–Crippen LogP) is 0.805. The highest BCUT2D eigenvalue weighted by molar-refractivity contribution is 6.43. The van der Waals surface area contributed by atoms with Gasteiger partial charge in [-0.15, -0.1) is 10.2 Å². The van der Waals surface area contributed by atoms with Gasteiger partial charge in [0, 0.05) is 11.8 Å². The number of carbonyl (C=O) groups excluding carboxylic acids is 2. The van der Waals surface area contributed by atoms with Gasteiger partial charge in [-0.05, 0) is 31.1 Å². The zero-order valence-electron chi connectivity index (χ0n) is 11.0. The summed E-state index contributed by atoms with van der Waals surface area (Å²) in [6, 6.07) is 0. The molecule has 19 heavy (non-hydrogen) atoms. The summed E-state index contributed by atoms with van der Waals surface area (Å²) >= 11 is 0. The number of nitrogens with zero attached hydrogens (tertiary/aromatic N) is 2. The molecule has 1 aliphatic heterocycles. The van der Waals surface area contributed by atoms with Crippen molar-refractivity contribution in [2.24, 2.45) is 33.9 Å². The van der Waals surface area contributed by atoms with Gasteiger partial charge in [0.2, 0.25) is 0 Å². The SMILES string of the molecule is COC(=O)C1=NN=C(C(=O)OC)[C@H]2[C@@H]3CC[C@@H](C3)[C@@H]12. The molecule has 1 heterocycles. The molecule has 2 bridgehead atoms. The van der Waals surface area contributed by atoms with E-state index in [9.17, 15) is 9.59 Å². The van der Waals surface area contributed by atoms with Crippen LogP contribution in [0.4, 0.5) is 0 Å². The second kappa shape index (κ2) is 4.43. The van der Waals surface area contributed by atoms with Crippen LogP contribution in [0.3, 0.4) is 0 Å². The van der Waals surface area contributed by atoms with Crippen molar-refractivity contribution in [3.63, 3.8) is 0 Å². The summed E-state index contributed by atoms with van der Waals surface area (Å²) in [7, 11) is 2.68. The first-order valence-electron chi connectivity index (χ1n) is 6.49. The molecule has 0 saturated heterocycles. The summed E-state index contributed by atoms with van der Waals surface area (Å²) in [5.41, 5.74) is 0.736. The number of ether oxygens (including phenoxy) is 2. The number of hydrogen-bond donors (Lipinski definition) is 0. The third-order valence-corrected chi connectivity index (χ3v) is 4.60. The number of methoxy groups -OCH3 is 2. The molecule has 0 radical (unpaired) electrons. The molecule has 0 unspecified atom stereocenters. The predicted molar refractivity (Wildman–Crippen MR) is 66.7 cm³/mol. The van der Waals surface area contributed by atoms with Crippen LogP contribution in [0.5, 0.6) is 0 Å². The van der Waals surface area contributed by atoms with Gasteiger partial charge >= 0.3 is 11.9 Å². The first-order valence-corrected chi connectivity index (χ1v) is 6.49. The van der Waals surface area contributed by atoms with Crippen LogP contribution in [-0.2, 0) is 19.1 Å². The van der Waals surface area contributed by atoms with Gasteiger partial charge in [0.1, 0.15) is 0 Å². The van der Waals surface area contributed by atoms with E-state index in [0.717, 1.165) is 19.3 Å². The molecule has 0 aromatic heterocycles. The van der Waals surface area contributed by atoms with E-state index in [-0.39, 0.29) is 11.8 Å². The fourth-order valence-electron chi connectivity index (χ4n) is 3.88. The fourth-order valence-corrected chi connectivity index (χ4v) is 3.88. The van der Waals surface area contributed by atoms with E-state index in [2.05, 4.69) is 10.2 Å². The lowest BCUT2D eigenvalue weighted by molar-refractivity contribution is -0.134. The zero-order chi connectivity index (χ0) is 13.6. The van der Waals surface area contributed by atoms with Crippen LogP contribution in [0.15, 0.2) is 10.2 Å². The highest BCUT2D eigenvalue weighted by Gasteiger charge is 2.55.